The number of amides is 1. The molecule has 0 fully saturated rings. The van der Waals surface area contributed by atoms with Crippen molar-refractivity contribution >= 4 is 39.6 Å². The maximum Gasteiger partial charge on any atom is 0.226 e. The normalized spacial score (nSPS) is 16.2. The summed E-state index contributed by atoms with van der Waals surface area (Å²) in [6.45, 7) is 0.282. The van der Waals surface area contributed by atoms with Gasteiger partial charge in [0.05, 0.1) is 17.2 Å². The Morgan fingerprint density at radius 1 is 1.43 bits per heavy atom. The second-order valence-electron chi connectivity index (χ2n) is 6.78. The Labute approximate surface area is 170 Å². The molecule has 6 nitrogen and oxygen atoms in total. The molecular formula is C17H18ClF2N3O3S2. The highest BCUT2D eigenvalue weighted by Crippen LogP contribution is 2.36. The van der Waals surface area contributed by atoms with Gasteiger partial charge >= 0.3 is 0 Å². The maximum atomic E-state index is 14.4. The van der Waals surface area contributed by atoms with Crippen LogP contribution in [0.25, 0.3) is 0 Å². The van der Waals surface area contributed by atoms with Crippen molar-refractivity contribution in [3.63, 3.8) is 0 Å². The lowest BCUT2D eigenvalue weighted by molar-refractivity contribution is -0.120. The van der Waals surface area contributed by atoms with Crippen LogP contribution in [0.5, 0.6) is 0 Å². The van der Waals surface area contributed by atoms with E-state index in [1.807, 2.05) is 0 Å². The molecule has 1 aliphatic rings. The Hall–Kier alpha value is -1.78. The van der Waals surface area contributed by atoms with Gasteiger partial charge in [-0.15, -0.1) is 0 Å². The molecule has 2 heterocycles. The highest BCUT2D eigenvalue weighted by atomic mass is 35.5. The van der Waals surface area contributed by atoms with Crippen LogP contribution in [0.1, 0.15) is 22.9 Å². The quantitative estimate of drug-likeness (QED) is 0.524. The Kier molecular flexibility index (Phi) is 5.92. The Balaban J connectivity index is 1.76. The fourth-order valence-electron chi connectivity index (χ4n) is 3.35. The van der Waals surface area contributed by atoms with Crippen LogP contribution < -0.4 is 5.32 Å². The Morgan fingerprint density at radius 2 is 2.14 bits per heavy atom. The molecule has 152 valence electrons. The van der Waals surface area contributed by atoms with E-state index in [2.05, 4.69) is 10.3 Å². The van der Waals surface area contributed by atoms with E-state index in [1.54, 1.807) is 4.57 Å². The van der Waals surface area contributed by atoms with Gasteiger partial charge in [0.25, 0.3) is 0 Å². The number of benzene rings is 1. The van der Waals surface area contributed by atoms with Crippen molar-refractivity contribution in [2.75, 3.05) is 18.6 Å². The van der Waals surface area contributed by atoms with Crippen LogP contribution in [0.3, 0.4) is 0 Å². The SMILES string of the molecule is CS(=O)(=O)CCNC(=O)Cc1[nH]c(=S)n2c1CC(c1c(F)ccc(Cl)c1F)C2. The molecule has 1 aromatic heterocycles. The van der Waals surface area contributed by atoms with Gasteiger partial charge in [0.15, 0.2) is 4.77 Å². The summed E-state index contributed by atoms with van der Waals surface area (Å²) in [7, 11) is -3.17. The first-order valence-electron chi connectivity index (χ1n) is 8.45. The predicted molar refractivity (Wildman–Crippen MR) is 104 cm³/mol. The summed E-state index contributed by atoms with van der Waals surface area (Å²) >= 11 is 11.1. The molecule has 2 aromatic rings. The van der Waals surface area contributed by atoms with Crippen LogP contribution in [-0.4, -0.2) is 42.4 Å². The molecule has 0 radical (unpaired) electrons. The number of aromatic amines is 1. The zero-order valence-electron chi connectivity index (χ0n) is 14.9. The van der Waals surface area contributed by atoms with E-state index in [4.69, 9.17) is 23.8 Å². The standard InChI is InChI=1S/C17H18ClF2N3O3S2/c1-28(25,26)5-4-21-14(24)7-12-13-6-9(8-23(13)17(27)22-12)15-11(19)3-2-10(18)16(15)20/h2-3,9H,4-8H2,1H3,(H,21,24)(H,22,27). The van der Waals surface area contributed by atoms with Crippen molar-refractivity contribution in [3.8, 4) is 0 Å². The van der Waals surface area contributed by atoms with Crippen molar-refractivity contribution in [2.45, 2.75) is 25.3 Å². The molecule has 11 heteroatoms. The number of halogens is 3. The third kappa shape index (κ3) is 4.44. The predicted octanol–water partition coefficient (Wildman–Crippen LogP) is 2.52. The first-order chi connectivity index (χ1) is 13.1. The van der Waals surface area contributed by atoms with Crippen molar-refractivity contribution < 1.29 is 22.0 Å². The van der Waals surface area contributed by atoms with Gasteiger partial charge in [0.2, 0.25) is 5.91 Å². The van der Waals surface area contributed by atoms with Gasteiger partial charge in [-0.3, -0.25) is 4.79 Å². The van der Waals surface area contributed by atoms with Crippen LogP contribution in [0.15, 0.2) is 12.1 Å². The second-order valence-corrected chi connectivity index (χ2v) is 9.83. The minimum atomic E-state index is -3.17. The number of fused-ring (bicyclic) bond motifs is 1. The second kappa shape index (κ2) is 7.92. The van der Waals surface area contributed by atoms with Crippen molar-refractivity contribution in [1.29, 1.82) is 0 Å². The average Bonchev–Trinajstić information content (AvgIpc) is 3.12. The van der Waals surface area contributed by atoms with E-state index in [1.165, 1.54) is 6.07 Å². The lowest BCUT2D eigenvalue weighted by Crippen LogP contribution is -2.30. The van der Waals surface area contributed by atoms with Crippen LogP contribution >= 0.6 is 23.8 Å². The minimum Gasteiger partial charge on any atom is -0.355 e. The van der Waals surface area contributed by atoms with E-state index in [0.717, 1.165) is 12.3 Å². The fraction of sp³-hybridized carbons (Fsp3) is 0.412. The zero-order valence-corrected chi connectivity index (χ0v) is 17.3. The number of nitrogens with one attached hydrogen (secondary N) is 2. The smallest absolute Gasteiger partial charge is 0.226 e. The van der Waals surface area contributed by atoms with Gasteiger partial charge < -0.3 is 14.9 Å². The molecule has 1 amide bonds. The van der Waals surface area contributed by atoms with Crippen molar-refractivity contribution in [1.82, 2.24) is 14.9 Å². The summed E-state index contributed by atoms with van der Waals surface area (Å²) in [4.78, 5) is 15.1. The number of hydrogen-bond donors (Lipinski definition) is 2. The van der Waals surface area contributed by atoms with Gasteiger partial charge in [0, 0.05) is 42.2 Å². The highest BCUT2D eigenvalue weighted by molar-refractivity contribution is 7.90. The molecule has 3 rings (SSSR count). The maximum absolute atomic E-state index is 14.4. The number of imidazole rings is 1. The lowest BCUT2D eigenvalue weighted by Gasteiger charge is -2.13. The largest absolute Gasteiger partial charge is 0.355 e. The van der Waals surface area contributed by atoms with Crippen molar-refractivity contribution in [2.24, 2.45) is 0 Å². The van der Waals surface area contributed by atoms with Crippen LogP contribution in [-0.2, 0) is 34.0 Å². The van der Waals surface area contributed by atoms with Gasteiger partial charge in [-0.05, 0) is 30.8 Å². The molecule has 0 spiro atoms. The van der Waals surface area contributed by atoms with Crippen molar-refractivity contribution in [3.05, 3.63) is 50.5 Å². The van der Waals surface area contributed by atoms with Crippen LogP contribution in [0, 0.1) is 16.4 Å². The summed E-state index contributed by atoms with van der Waals surface area (Å²) < 4.78 is 52.9. The summed E-state index contributed by atoms with van der Waals surface area (Å²) in [5, 5.41) is 2.39. The van der Waals surface area contributed by atoms with Gasteiger partial charge in [0.1, 0.15) is 21.5 Å². The molecule has 0 bridgehead atoms. The van der Waals surface area contributed by atoms with E-state index >= 15 is 0 Å². The molecule has 1 aliphatic heterocycles. The van der Waals surface area contributed by atoms with Crippen LogP contribution in [0.4, 0.5) is 8.78 Å². The number of H-pyrrole nitrogens is 1. The summed E-state index contributed by atoms with van der Waals surface area (Å²) in [6, 6.07) is 2.30. The third-order valence-corrected chi connectivity index (χ3v) is 6.20. The average molecular weight is 450 g/mol. The van der Waals surface area contributed by atoms with Gasteiger partial charge in [-0.1, -0.05) is 11.6 Å². The van der Waals surface area contributed by atoms with E-state index in [9.17, 15) is 22.0 Å². The topological polar surface area (TPSA) is 84.0 Å². The fourth-order valence-corrected chi connectivity index (χ4v) is 4.30. The molecule has 28 heavy (non-hydrogen) atoms. The van der Waals surface area contributed by atoms with E-state index in [-0.39, 0.29) is 41.8 Å². The van der Waals surface area contributed by atoms with Crippen LogP contribution in [0.2, 0.25) is 5.02 Å². The van der Waals surface area contributed by atoms with Gasteiger partial charge in [-0.25, -0.2) is 17.2 Å². The van der Waals surface area contributed by atoms with Gasteiger partial charge in [-0.2, -0.15) is 0 Å². The Bertz CT molecular complexity index is 1100. The first kappa shape index (κ1) is 20.9. The number of nitrogens with zero attached hydrogens (tertiary/aromatic N) is 1. The first-order valence-corrected chi connectivity index (χ1v) is 11.3. The van der Waals surface area contributed by atoms with E-state index < -0.39 is 27.4 Å². The number of rotatable bonds is 6. The highest BCUT2D eigenvalue weighted by Gasteiger charge is 2.31. The number of hydrogen-bond acceptors (Lipinski definition) is 4. The Morgan fingerprint density at radius 3 is 2.82 bits per heavy atom. The van der Waals surface area contributed by atoms with E-state index in [0.29, 0.717) is 22.6 Å². The molecular weight excluding hydrogens is 432 g/mol. The summed E-state index contributed by atoms with van der Waals surface area (Å²) in [5.41, 5.74) is 1.16. The monoisotopic (exact) mass is 449 g/mol. The summed E-state index contributed by atoms with van der Waals surface area (Å²) in [6.07, 6.45) is 1.35. The zero-order chi connectivity index (χ0) is 20.6. The molecule has 1 atom stereocenters. The molecule has 1 aromatic carbocycles. The number of carbonyl (C=O) groups is 1. The number of aromatic nitrogens is 2. The summed E-state index contributed by atoms with van der Waals surface area (Å²) in [5.74, 6) is -2.47. The number of carbonyl (C=O) groups excluding carboxylic acids is 1. The molecule has 2 N–H and O–H groups in total. The third-order valence-electron chi connectivity index (χ3n) is 4.64. The molecule has 0 aliphatic carbocycles. The molecule has 0 saturated carbocycles. The molecule has 0 saturated heterocycles. The minimum absolute atomic E-state index is 0.00992. The number of sulfone groups is 1. The lowest BCUT2D eigenvalue weighted by atomic mass is 9.95. The molecule has 1 unspecified atom stereocenters.